The Morgan fingerprint density at radius 3 is 2.05 bits per heavy atom. The topological polar surface area (TPSA) is 204 Å². The standard InChI is InChI=1S/C47H58N6O10S/c1-47(2,34-16-20-37(21-17-34)63-32-35-24-26-49-46(50-35)52-64(3,58)59)33-14-18-36(19-15-33)62-31-8-6-4-5-7-27-60-29-11-30-61-28-10-25-48-39-13-9-12-38-42(39)45(57)53(44(38)56)40-22-23-41(54)51-43(40)55/h9,12-21,24,26,40,48H,4-8,10-11,22-23,25,27-32H2,1-3H3,(H,49,50,52)(H,51,54,55). The van der Waals surface area contributed by atoms with Crippen molar-refractivity contribution in [2.45, 2.75) is 89.7 Å². The predicted molar refractivity (Wildman–Crippen MR) is 241 cm³/mol. The highest BCUT2D eigenvalue weighted by molar-refractivity contribution is 7.92. The largest absolute Gasteiger partial charge is 0.494 e. The molecule has 2 aliphatic rings. The van der Waals surface area contributed by atoms with E-state index in [2.05, 4.69) is 51.3 Å². The molecule has 6 rings (SSSR count). The molecular weight excluding hydrogens is 841 g/mol. The van der Waals surface area contributed by atoms with Gasteiger partial charge in [-0.1, -0.05) is 63.4 Å². The summed E-state index contributed by atoms with van der Waals surface area (Å²) in [5, 5.41) is 5.45. The molecule has 64 heavy (non-hydrogen) atoms. The molecule has 3 N–H and O–H groups in total. The van der Waals surface area contributed by atoms with Crippen molar-refractivity contribution in [3.05, 3.63) is 107 Å². The summed E-state index contributed by atoms with van der Waals surface area (Å²) in [7, 11) is -3.47. The van der Waals surface area contributed by atoms with E-state index in [1.807, 2.05) is 36.4 Å². The molecule has 1 fully saturated rings. The second-order valence-electron chi connectivity index (χ2n) is 16.4. The van der Waals surface area contributed by atoms with Gasteiger partial charge in [-0.3, -0.25) is 34.1 Å². The van der Waals surface area contributed by atoms with E-state index in [1.165, 1.54) is 6.20 Å². The Bertz CT molecular complexity index is 2340. The van der Waals surface area contributed by atoms with Crippen molar-refractivity contribution >= 4 is 45.3 Å². The van der Waals surface area contributed by atoms with E-state index >= 15 is 0 Å². The fourth-order valence-corrected chi connectivity index (χ4v) is 7.93. The molecule has 0 radical (unpaired) electrons. The Hall–Kier alpha value is -5.91. The summed E-state index contributed by atoms with van der Waals surface area (Å²) >= 11 is 0. The number of aromatic nitrogens is 2. The first-order valence-electron chi connectivity index (χ1n) is 21.8. The van der Waals surface area contributed by atoms with E-state index in [0.717, 1.165) is 73.2 Å². The van der Waals surface area contributed by atoms with Crippen LogP contribution in [0.5, 0.6) is 11.5 Å². The fourth-order valence-electron chi connectivity index (χ4n) is 7.50. The first-order valence-corrected chi connectivity index (χ1v) is 23.7. The summed E-state index contributed by atoms with van der Waals surface area (Å²) in [5.74, 6) is -0.559. The van der Waals surface area contributed by atoms with E-state index in [9.17, 15) is 27.6 Å². The molecule has 1 saturated heterocycles. The molecule has 2 aliphatic heterocycles. The first kappa shape index (κ1) is 47.6. The molecule has 1 aromatic heterocycles. The highest BCUT2D eigenvalue weighted by Crippen LogP contribution is 2.34. The van der Waals surface area contributed by atoms with Gasteiger partial charge in [0.25, 0.3) is 11.8 Å². The van der Waals surface area contributed by atoms with Gasteiger partial charge < -0.3 is 24.3 Å². The SMILES string of the molecule is CC(C)(c1ccc(OCCCCCCCOCCCOCCCNc2cccc3c2C(=O)N(C2CCC(=O)NC2=O)C3=O)cc1)c1ccc(OCc2ccnc(NS(C)(=O)=O)n2)cc1. The molecule has 3 heterocycles. The van der Waals surface area contributed by atoms with Crippen molar-refractivity contribution in [2.75, 3.05) is 55.9 Å². The Labute approximate surface area is 374 Å². The van der Waals surface area contributed by atoms with E-state index in [-0.39, 0.29) is 41.9 Å². The minimum absolute atomic E-state index is 0.00580. The molecule has 4 aromatic rings. The highest BCUT2D eigenvalue weighted by Gasteiger charge is 2.45. The van der Waals surface area contributed by atoms with Crippen LogP contribution in [-0.2, 0) is 41.1 Å². The molecular formula is C47H58N6O10S. The van der Waals surface area contributed by atoms with Gasteiger partial charge in [-0.2, -0.15) is 0 Å². The number of hydrogen-bond acceptors (Lipinski definition) is 13. The summed E-state index contributed by atoms with van der Waals surface area (Å²) in [4.78, 5) is 59.3. The second-order valence-corrected chi connectivity index (χ2v) is 18.1. The summed E-state index contributed by atoms with van der Waals surface area (Å²) in [6.45, 7) is 8.22. The van der Waals surface area contributed by atoms with Gasteiger partial charge in [0.2, 0.25) is 27.8 Å². The number of anilines is 2. The molecule has 4 amide bonds. The highest BCUT2D eigenvalue weighted by atomic mass is 32.2. The van der Waals surface area contributed by atoms with Crippen molar-refractivity contribution in [3.63, 3.8) is 0 Å². The Balaban J connectivity index is 0.761. The van der Waals surface area contributed by atoms with Gasteiger partial charge in [0, 0.05) is 56.7 Å². The minimum Gasteiger partial charge on any atom is -0.494 e. The first-order chi connectivity index (χ1) is 30.8. The molecule has 0 saturated carbocycles. The lowest BCUT2D eigenvalue weighted by molar-refractivity contribution is -0.136. The Kier molecular flexibility index (Phi) is 16.8. The van der Waals surface area contributed by atoms with Crippen LogP contribution in [0.1, 0.15) is 109 Å². The summed E-state index contributed by atoms with van der Waals surface area (Å²) in [5.41, 5.74) is 3.63. The van der Waals surface area contributed by atoms with Gasteiger partial charge in [-0.15, -0.1) is 0 Å². The zero-order valence-corrected chi connectivity index (χ0v) is 37.5. The van der Waals surface area contributed by atoms with Crippen molar-refractivity contribution in [1.82, 2.24) is 20.2 Å². The Morgan fingerprint density at radius 2 is 1.38 bits per heavy atom. The number of rotatable bonds is 26. The number of hydrogen-bond donors (Lipinski definition) is 3. The molecule has 0 bridgehead atoms. The third-order valence-electron chi connectivity index (χ3n) is 11.1. The third-order valence-corrected chi connectivity index (χ3v) is 11.6. The quantitative estimate of drug-likeness (QED) is 0.0461. The molecule has 17 heteroatoms. The number of sulfonamides is 1. The van der Waals surface area contributed by atoms with Crippen molar-refractivity contribution in [1.29, 1.82) is 0 Å². The summed E-state index contributed by atoms with van der Waals surface area (Å²) in [6, 6.07) is 21.9. The van der Waals surface area contributed by atoms with E-state index < -0.39 is 39.7 Å². The van der Waals surface area contributed by atoms with Crippen LogP contribution in [0.15, 0.2) is 79.0 Å². The number of amides is 4. The lowest BCUT2D eigenvalue weighted by Crippen LogP contribution is -2.54. The maximum Gasteiger partial charge on any atom is 0.264 e. The number of unbranched alkanes of at least 4 members (excludes halogenated alkanes) is 4. The zero-order chi connectivity index (χ0) is 45.5. The molecule has 16 nitrogen and oxygen atoms in total. The monoisotopic (exact) mass is 898 g/mol. The Morgan fingerprint density at radius 1 is 0.750 bits per heavy atom. The van der Waals surface area contributed by atoms with E-state index in [4.69, 9.17) is 18.9 Å². The van der Waals surface area contributed by atoms with Crippen LogP contribution in [0.2, 0.25) is 0 Å². The van der Waals surface area contributed by atoms with Crippen LogP contribution in [0, 0.1) is 0 Å². The maximum atomic E-state index is 13.2. The van der Waals surface area contributed by atoms with Crippen molar-refractivity contribution in [2.24, 2.45) is 0 Å². The lowest BCUT2D eigenvalue weighted by Gasteiger charge is -2.27. The number of benzene rings is 3. The maximum absolute atomic E-state index is 13.2. The average Bonchev–Trinajstić information content (AvgIpc) is 3.52. The molecule has 3 aromatic carbocycles. The van der Waals surface area contributed by atoms with Crippen LogP contribution in [-0.4, -0.2) is 98.8 Å². The predicted octanol–water partition coefficient (Wildman–Crippen LogP) is 6.41. The van der Waals surface area contributed by atoms with Crippen LogP contribution < -0.4 is 24.8 Å². The molecule has 342 valence electrons. The van der Waals surface area contributed by atoms with Gasteiger partial charge in [0.05, 0.1) is 29.7 Å². The van der Waals surface area contributed by atoms with Gasteiger partial charge in [0.1, 0.15) is 24.1 Å². The van der Waals surface area contributed by atoms with Gasteiger partial charge >= 0.3 is 0 Å². The molecule has 1 unspecified atom stereocenters. The number of nitrogens with zero attached hydrogens (tertiary/aromatic N) is 3. The number of piperidine rings is 1. The van der Waals surface area contributed by atoms with Crippen molar-refractivity contribution < 1.29 is 46.5 Å². The van der Waals surface area contributed by atoms with Crippen LogP contribution in [0.25, 0.3) is 0 Å². The van der Waals surface area contributed by atoms with Crippen LogP contribution >= 0.6 is 0 Å². The van der Waals surface area contributed by atoms with E-state index in [0.29, 0.717) is 56.5 Å². The fraction of sp³-hybridized carbons (Fsp3) is 0.447. The normalized spacial score (nSPS) is 15.2. The zero-order valence-electron chi connectivity index (χ0n) is 36.7. The van der Waals surface area contributed by atoms with Gasteiger partial charge in [-0.25, -0.2) is 18.4 Å². The smallest absolute Gasteiger partial charge is 0.264 e. The third kappa shape index (κ3) is 13.3. The van der Waals surface area contributed by atoms with Crippen LogP contribution in [0.4, 0.5) is 11.6 Å². The number of carbonyl (C=O) groups excluding carboxylic acids is 4. The molecule has 1 atom stereocenters. The van der Waals surface area contributed by atoms with Gasteiger partial charge in [0.15, 0.2) is 0 Å². The average molecular weight is 899 g/mol. The minimum atomic E-state index is -3.47. The number of carbonyl (C=O) groups is 4. The van der Waals surface area contributed by atoms with Crippen LogP contribution in [0.3, 0.4) is 0 Å². The van der Waals surface area contributed by atoms with E-state index in [1.54, 1.807) is 24.3 Å². The second kappa shape index (κ2) is 22.6. The van der Waals surface area contributed by atoms with Gasteiger partial charge in [-0.05, 0) is 85.7 Å². The molecule has 0 aliphatic carbocycles. The summed E-state index contributed by atoms with van der Waals surface area (Å²) in [6.07, 6.45) is 9.54. The number of imide groups is 2. The van der Waals surface area contributed by atoms with Crippen molar-refractivity contribution in [3.8, 4) is 11.5 Å². The lowest BCUT2D eigenvalue weighted by atomic mass is 9.78. The summed E-state index contributed by atoms with van der Waals surface area (Å²) < 4.78 is 48.7. The number of nitrogens with one attached hydrogen (secondary N) is 3. The number of ether oxygens (including phenoxy) is 4. The number of fused-ring (bicyclic) bond motifs is 1. The molecule has 0 spiro atoms.